The number of nitrogens with zero attached hydrogens (tertiary/aromatic N) is 2. The third-order valence-corrected chi connectivity index (χ3v) is 6.28. The maximum absolute atomic E-state index is 6.23. The summed E-state index contributed by atoms with van der Waals surface area (Å²) >= 11 is 6.23. The lowest BCUT2D eigenvalue weighted by molar-refractivity contribution is 0.0597. The second kappa shape index (κ2) is 9.99. The van der Waals surface area contributed by atoms with E-state index in [-0.39, 0.29) is 0 Å². The average molecular weight is 451 g/mol. The topological polar surface area (TPSA) is 15.7 Å². The second-order valence-electron chi connectivity index (χ2n) is 8.06. The number of fused-ring (bicyclic) bond motifs is 1. The van der Waals surface area contributed by atoms with Crippen molar-refractivity contribution in [2.75, 3.05) is 31.2 Å². The van der Waals surface area contributed by atoms with Crippen LogP contribution < -0.4 is 4.90 Å². The summed E-state index contributed by atoms with van der Waals surface area (Å²) in [7, 11) is 0. The van der Waals surface area contributed by atoms with Crippen molar-refractivity contribution in [3.8, 4) is 0 Å². The van der Waals surface area contributed by atoms with Gasteiger partial charge in [-0.2, -0.15) is 0 Å². The highest BCUT2D eigenvalue weighted by Crippen LogP contribution is 2.33. The average Bonchev–Trinajstić information content (AvgIpc) is 2.89. The van der Waals surface area contributed by atoms with Crippen LogP contribution in [0.5, 0.6) is 0 Å². The summed E-state index contributed by atoms with van der Waals surface area (Å²) in [5, 5.41) is 2.41. The van der Waals surface area contributed by atoms with E-state index < -0.39 is 0 Å². The Morgan fingerprint density at radius 1 is 0.727 bits per heavy atom. The molecule has 164 valence electrons. The number of hydrogen-bond acceptors (Lipinski definition) is 3. The molecule has 3 nitrogen and oxygen atoms in total. The molecule has 0 spiro atoms. The van der Waals surface area contributed by atoms with E-state index in [4.69, 9.17) is 17.0 Å². The number of ether oxygens (including phenoxy) is 1. The van der Waals surface area contributed by atoms with E-state index in [2.05, 4.69) is 107 Å². The monoisotopic (exact) mass is 450 g/mol. The van der Waals surface area contributed by atoms with Crippen molar-refractivity contribution in [1.29, 1.82) is 0 Å². The predicted octanol–water partition coefficient (Wildman–Crippen LogP) is 6.68. The minimum Gasteiger partial charge on any atom is -0.378 e. The van der Waals surface area contributed by atoms with Crippen molar-refractivity contribution in [2.24, 2.45) is 0 Å². The lowest BCUT2D eigenvalue weighted by Gasteiger charge is -2.30. The standard InChI is InChI=1S/C29H26N2OS/c33-29(28(24-10-3-1-4-11-24)22-30-17-19-32-20-18-30)31(26-13-5-2-6-14-26)27-16-15-23-9-7-8-12-25(23)21-27/h1-16,21-22H,17-20H2. The smallest absolute Gasteiger partial charge is 0.120 e. The summed E-state index contributed by atoms with van der Waals surface area (Å²) in [5.74, 6) is 0. The molecule has 0 saturated carbocycles. The van der Waals surface area contributed by atoms with Gasteiger partial charge >= 0.3 is 0 Å². The molecule has 5 rings (SSSR count). The first kappa shape index (κ1) is 21.4. The highest BCUT2D eigenvalue weighted by molar-refractivity contribution is 7.81. The van der Waals surface area contributed by atoms with Crippen molar-refractivity contribution in [3.05, 3.63) is 115 Å². The molecule has 0 aliphatic carbocycles. The minimum atomic E-state index is 0.735. The maximum atomic E-state index is 6.23. The van der Waals surface area contributed by atoms with Crippen molar-refractivity contribution in [1.82, 2.24) is 4.90 Å². The Balaban J connectivity index is 1.63. The quantitative estimate of drug-likeness (QED) is 0.249. The van der Waals surface area contributed by atoms with Gasteiger partial charge in [-0.05, 0) is 40.6 Å². The molecule has 1 aliphatic rings. The lowest BCUT2D eigenvalue weighted by Crippen LogP contribution is -2.33. The van der Waals surface area contributed by atoms with Crippen LogP contribution in [-0.4, -0.2) is 36.2 Å². The van der Waals surface area contributed by atoms with Crippen LogP contribution in [0.4, 0.5) is 11.4 Å². The van der Waals surface area contributed by atoms with Gasteiger partial charge in [0, 0.05) is 36.2 Å². The number of anilines is 2. The van der Waals surface area contributed by atoms with E-state index in [0.29, 0.717) is 0 Å². The Hall–Kier alpha value is -3.47. The first-order valence-electron chi connectivity index (χ1n) is 11.3. The third-order valence-electron chi connectivity index (χ3n) is 5.88. The molecule has 4 aromatic rings. The zero-order valence-electron chi connectivity index (χ0n) is 18.4. The molecule has 0 radical (unpaired) electrons. The number of rotatable bonds is 5. The van der Waals surface area contributed by atoms with Crippen molar-refractivity contribution in [3.63, 3.8) is 0 Å². The van der Waals surface area contributed by atoms with E-state index in [1.54, 1.807) is 0 Å². The minimum absolute atomic E-state index is 0.735. The normalized spacial score (nSPS) is 14.3. The third kappa shape index (κ3) is 4.82. The zero-order chi connectivity index (χ0) is 22.5. The Morgan fingerprint density at radius 2 is 1.36 bits per heavy atom. The Morgan fingerprint density at radius 3 is 2.09 bits per heavy atom. The highest BCUT2D eigenvalue weighted by Gasteiger charge is 2.21. The number of thiocarbonyl (C=S) groups is 1. The van der Waals surface area contributed by atoms with Crippen LogP contribution in [0.2, 0.25) is 0 Å². The van der Waals surface area contributed by atoms with E-state index >= 15 is 0 Å². The van der Waals surface area contributed by atoms with Crippen LogP contribution >= 0.6 is 12.2 Å². The van der Waals surface area contributed by atoms with Crippen LogP contribution in [0.1, 0.15) is 5.56 Å². The van der Waals surface area contributed by atoms with Crippen LogP contribution in [0, 0.1) is 0 Å². The fourth-order valence-corrected chi connectivity index (χ4v) is 4.54. The molecule has 0 aromatic heterocycles. The molecular weight excluding hydrogens is 424 g/mol. The van der Waals surface area contributed by atoms with Gasteiger partial charge in [0.1, 0.15) is 4.99 Å². The fourth-order valence-electron chi connectivity index (χ4n) is 4.16. The summed E-state index contributed by atoms with van der Waals surface area (Å²) in [4.78, 5) is 5.26. The molecule has 0 bridgehead atoms. The van der Waals surface area contributed by atoms with E-state index in [0.717, 1.165) is 53.8 Å². The van der Waals surface area contributed by atoms with Crippen LogP contribution in [0.25, 0.3) is 16.3 Å². The van der Waals surface area contributed by atoms with Gasteiger partial charge in [-0.25, -0.2) is 0 Å². The summed E-state index contributed by atoms with van der Waals surface area (Å²) in [6.45, 7) is 3.19. The molecule has 1 saturated heterocycles. The van der Waals surface area contributed by atoms with Gasteiger partial charge in [0.15, 0.2) is 0 Å². The fraction of sp³-hybridized carbons (Fsp3) is 0.138. The molecule has 1 fully saturated rings. The predicted molar refractivity (Wildman–Crippen MR) is 142 cm³/mol. The van der Waals surface area contributed by atoms with E-state index in [1.165, 1.54) is 10.8 Å². The van der Waals surface area contributed by atoms with Crippen molar-refractivity contribution < 1.29 is 4.74 Å². The number of morpholine rings is 1. The number of hydrogen-bond donors (Lipinski definition) is 0. The molecule has 0 amide bonds. The van der Waals surface area contributed by atoms with Gasteiger partial charge < -0.3 is 14.5 Å². The SMILES string of the molecule is S=C(C(=CN1CCOCC1)c1ccccc1)N(c1ccccc1)c1ccc2ccccc2c1. The van der Waals surface area contributed by atoms with Gasteiger partial charge in [0.2, 0.25) is 0 Å². The summed E-state index contributed by atoms with van der Waals surface area (Å²) in [6, 6.07) is 35.7. The lowest BCUT2D eigenvalue weighted by atomic mass is 10.0. The van der Waals surface area contributed by atoms with Crippen LogP contribution in [-0.2, 0) is 4.74 Å². The summed E-state index contributed by atoms with van der Waals surface area (Å²) < 4.78 is 5.56. The summed E-state index contributed by atoms with van der Waals surface area (Å²) in [6.07, 6.45) is 2.21. The van der Waals surface area contributed by atoms with Gasteiger partial charge in [0.25, 0.3) is 0 Å². The van der Waals surface area contributed by atoms with Gasteiger partial charge in [-0.15, -0.1) is 0 Å². The molecule has 4 aromatic carbocycles. The summed E-state index contributed by atoms with van der Waals surface area (Å²) in [5.41, 5.74) is 4.23. The Bertz CT molecular complexity index is 1260. The number of benzene rings is 4. The molecule has 0 N–H and O–H groups in total. The first-order valence-corrected chi connectivity index (χ1v) is 11.7. The highest BCUT2D eigenvalue weighted by atomic mass is 32.1. The molecule has 0 unspecified atom stereocenters. The Labute approximate surface area is 200 Å². The Kier molecular flexibility index (Phi) is 6.47. The van der Waals surface area contributed by atoms with Crippen molar-refractivity contribution >= 4 is 44.9 Å². The van der Waals surface area contributed by atoms with Crippen molar-refractivity contribution in [2.45, 2.75) is 0 Å². The van der Waals surface area contributed by atoms with Gasteiger partial charge in [-0.3, -0.25) is 0 Å². The molecule has 1 heterocycles. The van der Waals surface area contributed by atoms with Gasteiger partial charge in [0.05, 0.1) is 13.2 Å². The maximum Gasteiger partial charge on any atom is 0.120 e. The van der Waals surface area contributed by atoms with Crippen LogP contribution in [0.15, 0.2) is 109 Å². The first-order chi connectivity index (χ1) is 16.3. The second-order valence-corrected chi connectivity index (χ2v) is 8.45. The van der Waals surface area contributed by atoms with E-state index in [1.807, 2.05) is 12.1 Å². The molecule has 4 heteroatoms. The largest absolute Gasteiger partial charge is 0.378 e. The van der Waals surface area contributed by atoms with E-state index in [9.17, 15) is 0 Å². The van der Waals surface area contributed by atoms with Gasteiger partial charge in [-0.1, -0.05) is 91.1 Å². The molecule has 1 aliphatic heterocycles. The number of para-hydroxylation sites is 1. The molecule has 0 atom stereocenters. The molecular formula is C29H26N2OS. The zero-order valence-corrected chi connectivity index (χ0v) is 19.2. The van der Waals surface area contributed by atoms with Crippen LogP contribution in [0.3, 0.4) is 0 Å². The molecule has 33 heavy (non-hydrogen) atoms.